The van der Waals surface area contributed by atoms with Crippen LogP contribution in [-0.2, 0) is 9.59 Å². The number of allylic oxidation sites excluding steroid dienone is 2. The molecular formula is C22H30O2S. The van der Waals surface area contributed by atoms with Crippen LogP contribution in [0.3, 0.4) is 0 Å². The van der Waals surface area contributed by atoms with Gasteiger partial charge in [0.15, 0.2) is 11.6 Å². The highest BCUT2D eigenvalue weighted by Gasteiger charge is 2.65. The van der Waals surface area contributed by atoms with Crippen molar-refractivity contribution in [1.82, 2.24) is 0 Å². The summed E-state index contributed by atoms with van der Waals surface area (Å²) in [6.07, 6.45) is 4.26. The number of thioether (sulfide) groups is 1. The number of hydrogen-bond donors (Lipinski definition) is 0. The van der Waals surface area contributed by atoms with Crippen LogP contribution in [-0.4, -0.2) is 11.6 Å². The summed E-state index contributed by atoms with van der Waals surface area (Å²) in [5.41, 5.74) is 1.72. The number of carbonyl (C=O) groups is 2. The second kappa shape index (κ2) is 4.91. The molecule has 0 aromatic heterocycles. The maximum atomic E-state index is 12.9. The van der Waals surface area contributed by atoms with E-state index >= 15 is 0 Å². The molecule has 4 aliphatic carbocycles. The highest BCUT2D eigenvalue weighted by Crippen LogP contribution is 2.67. The first-order chi connectivity index (χ1) is 11.5. The summed E-state index contributed by atoms with van der Waals surface area (Å²) in [5.74, 6) is 1.43. The van der Waals surface area contributed by atoms with Crippen LogP contribution < -0.4 is 0 Å². The molecular weight excluding hydrogens is 328 g/mol. The van der Waals surface area contributed by atoms with Crippen LogP contribution in [0.15, 0.2) is 22.0 Å². The Labute approximate surface area is 155 Å². The van der Waals surface area contributed by atoms with Gasteiger partial charge in [0.05, 0.1) is 0 Å². The Kier molecular flexibility index (Phi) is 3.45. The van der Waals surface area contributed by atoms with Gasteiger partial charge < -0.3 is 0 Å². The Balaban J connectivity index is 1.60. The minimum Gasteiger partial charge on any atom is -0.294 e. The van der Waals surface area contributed by atoms with Gasteiger partial charge in [0.25, 0.3) is 0 Å². The van der Waals surface area contributed by atoms with E-state index in [0.29, 0.717) is 23.4 Å². The van der Waals surface area contributed by atoms with Gasteiger partial charge in [0, 0.05) is 22.0 Å². The van der Waals surface area contributed by atoms with E-state index in [2.05, 4.69) is 52.4 Å². The Hall–Kier alpha value is -0.830. The summed E-state index contributed by atoms with van der Waals surface area (Å²) >= 11 is 1.57. The van der Waals surface area contributed by atoms with E-state index in [4.69, 9.17) is 0 Å². The van der Waals surface area contributed by atoms with Crippen LogP contribution in [0.2, 0.25) is 0 Å². The van der Waals surface area contributed by atoms with Gasteiger partial charge in [-0.05, 0) is 59.2 Å². The molecule has 0 heterocycles. The van der Waals surface area contributed by atoms with Crippen molar-refractivity contribution in [3.63, 3.8) is 0 Å². The second-order valence-electron chi connectivity index (χ2n) is 10.2. The standard InChI is InChI=1S/C22H30O2S/c1-19(2)15-7-9-21(19,5)17(23)13(15)11-25-12-14-16-8-10-22(6,18(14)24)20(16,3)4/h11-12,15-16H,7-10H2,1-6H3/b13-11-,14-12-/t15-,16+,21-,22-/m0/s1. The molecule has 4 atom stereocenters. The molecule has 0 radical (unpaired) electrons. The lowest BCUT2D eigenvalue weighted by Gasteiger charge is -2.31. The zero-order valence-corrected chi connectivity index (χ0v) is 17.2. The summed E-state index contributed by atoms with van der Waals surface area (Å²) in [7, 11) is 0. The normalized spacial score (nSPS) is 46.8. The first-order valence-electron chi connectivity index (χ1n) is 9.64. The third-order valence-electron chi connectivity index (χ3n) is 9.12. The van der Waals surface area contributed by atoms with Gasteiger partial charge in [0.1, 0.15) is 0 Å². The lowest BCUT2D eigenvalue weighted by Crippen LogP contribution is -2.32. The fraction of sp³-hybridized carbons (Fsp3) is 0.727. The van der Waals surface area contributed by atoms with Gasteiger partial charge in [-0.1, -0.05) is 41.5 Å². The highest BCUT2D eigenvalue weighted by atomic mass is 32.2. The Morgan fingerprint density at radius 1 is 0.760 bits per heavy atom. The largest absolute Gasteiger partial charge is 0.294 e. The van der Waals surface area contributed by atoms with E-state index < -0.39 is 0 Å². The number of rotatable bonds is 2. The zero-order valence-electron chi connectivity index (χ0n) is 16.4. The Bertz CT molecular complexity index is 679. The summed E-state index contributed by atoms with van der Waals surface area (Å²) in [4.78, 5) is 25.8. The summed E-state index contributed by atoms with van der Waals surface area (Å²) in [6, 6.07) is 0. The summed E-state index contributed by atoms with van der Waals surface area (Å²) < 4.78 is 0. The van der Waals surface area contributed by atoms with Crippen LogP contribution in [0, 0.1) is 33.5 Å². The van der Waals surface area contributed by atoms with Crippen LogP contribution in [0.1, 0.15) is 67.2 Å². The highest BCUT2D eigenvalue weighted by molar-refractivity contribution is 8.05. The van der Waals surface area contributed by atoms with Crippen molar-refractivity contribution < 1.29 is 9.59 Å². The fourth-order valence-corrected chi connectivity index (χ4v) is 7.21. The monoisotopic (exact) mass is 358 g/mol. The Morgan fingerprint density at radius 3 is 1.40 bits per heavy atom. The molecule has 2 nitrogen and oxygen atoms in total. The molecule has 0 aromatic rings. The Morgan fingerprint density at radius 2 is 1.12 bits per heavy atom. The predicted molar refractivity (Wildman–Crippen MR) is 103 cm³/mol. The number of fused-ring (bicyclic) bond motifs is 4. The van der Waals surface area contributed by atoms with E-state index in [-0.39, 0.29) is 21.7 Å². The van der Waals surface area contributed by atoms with E-state index in [1.807, 2.05) is 0 Å². The maximum absolute atomic E-state index is 12.9. The first-order valence-corrected chi connectivity index (χ1v) is 10.6. The van der Waals surface area contributed by atoms with E-state index in [0.717, 1.165) is 36.8 Å². The molecule has 3 heteroatoms. The van der Waals surface area contributed by atoms with Crippen LogP contribution in [0.25, 0.3) is 0 Å². The molecule has 0 saturated heterocycles. The number of hydrogen-bond acceptors (Lipinski definition) is 3. The first kappa shape index (κ1) is 17.6. The van der Waals surface area contributed by atoms with Crippen molar-refractivity contribution in [2.75, 3.05) is 0 Å². The lowest BCUT2D eigenvalue weighted by atomic mass is 9.70. The quantitative estimate of drug-likeness (QED) is 0.608. The maximum Gasteiger partial charge on any atom is 0.166 e. The van der Waals surface area contributed by atoms with Gasteiger partial charge in [-0.2, -0.15) is 0 Å². The number of ketones is 2. The molecule has 136 valence electrons. The van der Waals surface area contributed by atoms with Crippen LogP contribution in [0.5, 0.6) is 0 Å². The summed E-state index contributed by atoms with van der Waals surface area (Å²) in [5, 5.41) is 4.11. The SMILES string of the molecule is CC1(C)[C@@H]2CC[C@@]1(C)C(=O)/C2=C\S/C=C1\C(=O)[C@]2(C)CC[C@@H]1C2(C)C. The van der Waals surface area contributed by atoms with Crippen molar-refractivity contribution in [3.8, 4) is 0 Å². The third-order valence-corrected chi connectivity index (χ3v) is 9.90. The van der Waals surface area contributed by atoms with Crippen molar-refractivity contribution in [2.24, 2.45) is 33.5 Å². The van der Waals surface area contributed by atoms with E-state index in [1.54, 1.807) is 11.8 Å². The molecule has 0 N–H and O–H groups in total. The number of Topliss-reactive ketones (excluding diaryl/α,β-unsaturated/α-hetero) is 2. The minimum atomic E-state index is -0.199. The van der Waals surface area contributed by atoms with Crippen LogP contribution in [0.4, 0.5) is 0 Å². The minimum absolute atomic E-state index is 0.0569. The van der Waals surface area contributed by atoms with Crippen LogP contribution >= 0.6 is 11.8 Å². The van der Waals surface area contributed by atoms with Gasteiger partial charge in [-0.15, -0.1) is 11.8 Å². The summed E-state index contributed by atoms with van der Waals surface area (Å²) in [6.45, 7) is 13.3. The second-order valence-corrected chi connectivity index (χ2v) is 11.0. The fourth-order valence-electron chi connectivity index (χ4n) is 6.31. The van der Waals surface area contributed by atoms with E-state index in [1.165, 1.54) is 0 Å². The van der Waals surface area contributed by atoms with Crippen molar-refractivity contribution in [2.45, 2.75) is 67.2 Å². The lowest BCUT2D eigenvalue weighted by molar-refractivity contribution is -0.126. The third kappa shape index (κ3) is 1.84. The molecule has 4 bridgehead atoms. The van der Waals surface area contributed by atoms with Crippen molar-refractivity contribution in [1.29, 1.82) is 0 Å². The van der Waals surface area contributed by atoms with E-state index in [9.17, 15) is 9.59 Å². The molecule has 0 amide bonds. The zero-order chi connectivity index (χ0) is 18.4. The van der Waals surface area contributed by atoms with Crippen molar-refractivity contribution >= 4 is 23.3 Å². The molecule has 4 fully saturated rings. The number of carbonyl (C=O) groups excluding carboxylic acids is 2. The van der Waals surface area contributed by atoms with Gasteiger partial charge >= 0.3 is 0 Å². The topological polar surface area (TPSA) is 34.1 Å². The molecule has 0 aromatic carbocycles. The smallest absolute Gasteiger partial charge is 0.166 e. The molecule has 0 unspecified atom stereocenters. The predicted octanol–water partition coefficient (Wildman–Crippen LogP) is 5.54. The van der Waals surface area contributed by atoms with Crippen molar-refractivity contribution in [3.05, 3.63) is 22.0 Å². The average Bonchev–Trinajstić information content (AvgIpc) is 3.01. The molecule has 4 rings (SSSR count). The van der Waals surface area contributed by atoms with Gasteiger partial charge in [-0.25, -0.2) is 0 Å². The van der Waals surface area contributed by atoms with Gasteiger partial charge in [-0.3, -0.25) is 9.59 Å². The molecule has 4 saturated carbocycles. The molecule has 0 spiro atoms. The molecule has 4 aliphatic rings. The molecule has 25 heavy (non-hydrogen) atoms. The molecule has 0 aliphatic heterocycles. The van der Waals surface area contributed by atoms with Gasteiger partial charge in [0.2, 0.25) is 0 Å². The average molecular weight is 359 g/mol.